The lowest BCUT2D eigenvalue weighted by molar-refractivity contribution is 0.947. The Hall–Kier alpha value is -1.40. The van der Waals surface area contributed by atoms with Gasteiger partial charge in [0.2, 0.25) is 5.95 Å². The fourth-order valence-electron chi connectivity index (χ4n) is 1.51. The van der Waals surface area contributed by atoms with Crippen molar-refractivity contribution >= 4 is 38.9 Å². The van der Waals surface area contributed by atoms with E-state index in [1.54, 1.807) is 15.9 Å². The van der Waals surface area contributed by atoms with Crippen molar-refractivity contribution in [2.75, 3.05) is 5.32 Å². The van der Waals surface area contributed by atoms with Crippen LogP contribution in [0.3, 0.4) is 0 Å². The Morgan fingerprint density at radius 1 is 1.35 bits per heavy atom. The second-order valence-corrected chi connectivity index (χ2v) is 5.27. The molecule has 0 amide bonds. The summed E-state index contributed by atoms with van der Waals surface area (Å²) < 4.78 is 2.74. The van der Waals surface area contributed by atoms with Crippen molar-refractivity contribution in [3.05, 3.63) is 45.2 Å². The van der Waals surface area contributed by atoms with Crippen LogP contribution in [0.15, 0.2) is 39.6 Å². The summed E-state index contributed by atoms with van der Waals surface area (Å²) in [4.78, 5) is 4.38. The standard InChI is InChI=1S/C11H9BrN4S/c12-9-1-2-10-14-11(15-16(10)6-9)13-5-8-3-4-17-7-8/h1-4,6-7H,5H2,(H,13,15). The van der Waals surface area contributed by atoms with E-state index in [0.29, 0.717) is 5.95 Å². The van der Waals surface area contributed by atoms with E-state index in [4.69, 9.17) is 0 Å². The van der Waals surface area contributed by atoms with Crippen LogP contribution in [0.25, 0.3) is 5.65 Å². The minimum atomic E-state index is 0.648. The third kappa shape index (κ3) is 2.32. The molecule has 0 fully saturated rings. The smallest absolute Gasteiger partial charge is 0.243 e. The highest BCUT2D eigenvalue weighted by Gasteiger charge is 2.03. The summed E-state index contributed by atoms with van der Waals surface area (Å²) in [5, 5.41) is 11.7. The summed E-state index contributed by atoms with van der Waals surface area (Å²) in [6.07, 6.45) is 1.89. The number of anilines is 1. The third-order valence-electron chi connectivity index (χ3n) is 2.33. The molecule has 3 heterocycles. The molecule has 0 saturated heterocycles. The van der Waals surface area contributed by atoms with Crippen molar-refractivity contribution in [3.8, 4) is 0 Å². The van der Waals surface area contributed by atoms with Crippen molar-refractivity contribution in [2.45, 2.75) is 6.54 Å². The van der Waals surface area contributed by atoms with Crippen LogP contribution < -0.4 is 5.32 Å². The topological polar surface area (TPSA) is 42.2 Å². The molecule has 0 aliphatic rings. The van der Waals surface area contributed by atoms with E-state index in [1.807, 2.05) is 18.3 Å². The molecule has 1 N–H and O–H groups in total. The Kier molecular flexibility index (Phi) is 2.82. The molecule has 3 aromatic rings. The van der Waals surface area contributed by atoms with Gasteiger partial charge in [-0.05, 0) is 50.5 Å². The van der Waals surface area contributed by atoms with Gasteiger partial charge in [0.15, 0.2) is 5.65 Å². The summed E-state index contributed by atoms with van der Waals surface area (Å²) in [5.74, 6) is 0.648. The van der Waals surface area contributed by atoms with Crippen LogP contribution in [0.2, 0.25) is 0 Å². The van der Waals surface area contributed by atoms with Crippen LogP contribution in [0.5, 0.6) is 0 Å². The van der Waals surface area contributed by atoms with Crippen LogP contribution in [0.4, 0.5) is 5.95 Å². The molecule has 0 radical (unpaired) electrons. The Morgan fingerprint density at radius 2 is 2.29 bits per heavy atom. The summed E-state index contributed by atoms with van der Waals surface area (Å²) in [5.41, 5.74) is 2.08. The van der Waals surface area contributed by atoms with Gasteiger partial charge in [0.1, 0.15) is 0 Å². The zero-order valence-electron chi connectivity index (χ0n) is 8.80. The zero-order chi connectivity index (χ0) is 11.7. The molecule has 0 bridgehead atoms. The molecule has 4 nitrogen and oxygen atoms in total. The average Bonchev–Trinajstić information content (AvgIpc) is 2.94. The summed E-state index contributed by atoms with van der Waals surface area (Å²) >= 11 is 5.09. The second kappa shape index (κ2) is 4.46. The lowest BCUT2D eigenvalue weighted by Gasteiger charge is -1.97. The van der Waals surface area contributed by atoms with E-state index >= 15 is 0 Å². The SMILES string of the molecule is Brc1ccc2nc(NCc3ccsc3)nn2c1. The summed E-state index contributed by atoms with van der Waals surface area (Å²) in [6, 6.07) is 5.96. The summed E-state index contributed by atoms with van der Waals surface area (Å²) in [7, 11) is 0. The fraction of sp³-hybridized carbons (Fsp3) is 0.0909. The number of thiophene rings is 1. The van der Waals surface area contributed by atoms with Gasteiger partial charge in [0.25, 0.3) is 0 Å². The highest BCUT2D eigenvalue weighted by atomic mass is 79.9. The van der Waals surface area contributed by atoms with Gasteiger partial charge in [-0.1, -0.05) is 0 Å². The first-order valence-electron chi connectivity index (χ1n) is 5.08. The van der Waals surface area contributed by atoms with Gasteiger partial charge in [-0.25, -0.2) is 4.52 Å². The van der Waals surface area contributed by atoms with Gasteiger partial charge in [-0.2, -0.15) is 16.3 Å². The van der Waals surface area contributed by atoms with E-state index in [-0.39, 0.29) is 0 Å². The molecule has 0 spiro atoms. The maximum Gasteiger partial charge on any atom is 0.243 e. The number of fused-ring (bicyclic) bond motifs is 1. The van der Waals surface area contributed by atoms with Crippen molar-refractivity contribution in [3.63, 3.8) is 0 Å². The van der Waals surface area contributed by atoms with Crippen LogP contribution in [-0.4, -0.2) is 14.6 Å². The van der Waals surface area contributed by atoms with Gasteiger partial charge in [0.05, 0.1) is 0 Å². The quantitative estimate of drug-likeness (QED) is 0.808. The fourth-order valence-corrected chi connectivity index (χ4v) is 2.50. The van der Waals surface area contributed by atoms with Crippen LogP contribution in [-0.2, 0) is 6.54 Å². The number of halogens is 1. The van der Waals surface area contributed by atoms with Gasteiger partial charge in [0, 0.05) is 17.2 Å². The molecule has 0 saturated carbocycles. The third-order valence-corrected chi connectivity index (χ3v) is 3.53. The lowest BCUT2D eigenvalue weighted by atomic mass is 10.3. The molecule has 0 aromatic carbocycles. The Bertz CT molecular complexity index is 632. The number of nitrogens with zero attached hydrogens (tertiary/aromatic N) is 3. The van der Waals surface area contributed by atoms with Gasteiger partial charge in [-0.15, -0.1) is 5.10 Å². The number of pyridine rings is 1. The highest BCUT2D eigenvalue weighted by Crippen LogP contribution is 2.13. The van der Waals surface area contributed by atoms with Gasteiger partial charge >= 0.3 is 0 Å². The molecule has 0 unspecified atom stereocenters. The predicted octanol–water partition coefficient (Wildman–Crippen LogP) is 3.17. The van der Waals surface area contributed by atoms with Crippen molar-refractivity contribution in [1.82, 2.24) is 14.6 Å². The monoisotopic (exact) mass is 308 g/mol. The van der Waals surface area contributed by atoms with E-state index in [9.17, 15) is 0 Å². The first kappa shape index (κ1) is 10.7. The van der Waals surface area contributed by atoms with Crippen LogP contribution >= 0.6 is 27.3 Å². The molecule has 3 rings (SSSR count). The maximum atomic E-state index is 4.38. The summed E-state index contributed by atoms with van der Waals surface area (Å²) in [6.45, 7) is 0.752. The van der Waals surface area contributed by atoms with Crippen LogP contribution in [0.1, 0.15) is 5.56 Å². The lowest BCUT2D eigenvalue weighted by Crippen LogP contribution is -1.99. The molecule has 0 aliphatic heterocycles. The number of aromatic nitrogens is 3. The van der Waals surface area contributed by atoms with E-state index in [0.717, 1.165) is 16.7 Å². The molecule has 3 aromatic heterocycles. The molecule has 17 heavy (non-hydrogen) atoms. The number of rotatable bonds is 3. The van der Waals surface area contributed by atoms with Crippen molar-refractivity contribution in [2.24, 2.45) is 0 Å². The minimum Gasteiger partial charge on any atom is -0.349 e. The maximum absolute atomic E-state index is 4.38. The van der Waals surface area contributed by atoms with Gasteiger partial charge in [-0.3, -0.25) is 0 Å². The van der Waals surface area contributed by atoms with Crippen molar-refractivity contribution in [1.29, 1.82) is 0 Å². The zero-order valence-corrected chi connectivity index (χ0v) is 11.2. The average molecular weight is 309 g/mol. The number of hydrogen-bond acceptors (Lipinski definition) is 4. The predicted molar refractivity (Wildman–Crippen MR) is 72.3 cm³/mol. The minimum absolute atomic E-state index is 0.648. The Balaban J connectivity index is 1.81. The number of hydrogen-bond donors (Lipinski definition) is 1. The number of nitrogens with one attached hydrogen (secondary N) is 1. The molecular weight excluding hydrogens is 300 g/mol. The normalized spacial score (nSPS) is 10.9. The van der Waals surface area contributed by atoms with Gasteiger partial charge < -0.3 is 5.32 Å². The van der Waals surface area contributed by atoms with E-state index in [2.05, 4.69) is 48.2 Å². The first-order chi connectivity index (χ1) is 8.31. The Morgan fingerprint density at radius 3 is 3.12 bits per heavy atom. The first-order valence-corrected chi connectivity index (χ1v) is 6.82. The van der Waals surface area contributed by atoms with E-state index in [1.165, 1.54) is 5.56 Å². The second-order valence-electron chi connectivity index (χ2n) is 3.57. The molecule has 0 aliphatic carbocycles. The van der Waals surface area contributed by atoms with Crippen molar-refractivity contribution < 1.29 is 0 Å². The van der Waals surface area contributed by atoms with Crippen LogP contribution in [0, 0.1) is 0 Å². The molecule has 6 heteroatoms. The van der Waals surface area contributed by atoms with E-state index < -0.39 is 0 Å². The molecule has 86 valence electrons. The molecular formula is C11H9BrN4S. The Labute approximate surface area is 110 Å². The molecule has 0 atom stereocenters. The highest BCUT2D eigenvalue weighted by molar-refractivity contribution is 9.10. The largest absolute Gasteiger partial charge is 0.349 e.